The monoisotopic (exact) mass is 354 g/mol. The minimum absolute atomic E-state index is 0.280. The van der Waals surface area contributed by atoms with Crippen molar-refractivity contribution in [1.82, 2.24) is 0 Å². The molecule has 0 aliphatic heterocycles. The van der Waals surface area contributed by atoms with Crippen LogP contribution >= 0.6 is 11.6 Å². The quantitative estimate of drug-likeness (QED) is 0.476. The van der Waals surface area contributed by atoms with E-state index in [0.717, 1.165) is 5.56 Å². The Morgan fingerprint density at radius 1 is 0.960 bits per heavy atom. The average Bonchev–Trinajstić information content (AvgIpc) is 3.16. The van der Waals surface area contributed by atoms with Gasteiger partial charge in [0.15, 0.2) is 6.10 Å². The van der Waals surface area contributed by atoms with E-state index < -0.39 is 12.1 Å². The van der Waals surface area contributed by atoms with Crippen molar-refractivity contribution >= 4 is 23.4 Å². The Kier molecular flexibility index (Phi) is 5.00. The third-order valence-electron chi connectivity index (χ3n) is 3.71. The lowest BCUT2D eigenvalue weighted by molar-refractivity contribution is 0.0319. The Morgan fingerprint density at radius 3 is 2.20 bits per heavy atom. The third kappa shape index (κ3) is 3.98. The Labute approximate surface area is 150 Å². The molecule has 1 heterocycles. The second kappa shape index (κ2) is 7.36. The molecule has 0 radical (unpaired) electrons. The Morgan fingerprint density at radius 2 is 1.60 bits per heavy atom. The zero-order chi connectivity index (χ0) is 17.8. The number of rotatable bonds is 5. The van der Waals surface area contributed by atoms with Crippen molar-refractivity contribution in [3.63, 3.8) is 0 Å². The van der Waals surface area contributed by atoms with Crippen molar-refractivity contribution in [3.05, 3.63) is 83.1 Å². The van der Waals surface area contributed by atoms with Crippen LogP contribution < -0.4 is 0 Å². The molecule has 126 valence electrons. The first kappa shape index (κ1) is 17.0. The number of Topliss-reactive ketones (excluding diaryl/α,β-unsaturated/α-hetero) is 1. The van der Waals surface area contributed by atoms with Crippen LogP contribution in [0.15, 0.2) is 71.3 Å². The standard InChI is InChI=1S/C20H15ClO4/c1-13(19(22)15-8-10-17(21)11-9-15)25-20(23)16-6-4-14(5-7-16)18-3-2-12-24-18/h2-13H,1H3. The molecule has 4 nitrogen and oxygen atoms in total. The van der Waals surface area contributed by atoms with Crippen LogP contribution in [0.25, 0.3) is 11.3 Å². The fraction of sp³-hybridized carbons (Fsp3) is 0.100. The van der Waals surface area contributed by atoms with E-state index >= 15 is 0 Å². The lowest BCUT2D eigenvalue weighted by Gasteiger charge is -2.12. The number of carbonyl (C=O) groups is 2. The van der Waals surface area contributed by atoms with Gasteiger partial charge in [0, 0.05) is 16.1 Å². The van der Waals surface area contributed by atoms with Gasteiger partial charge in [0.2, 0.25) is 5.78 Å². The highest BCUT2D eigenvalue weighted by molar-refractivity contribution is 6.30. The Hall–Kier alpha value is -2.85. The Bertz CT molecular complexity index is 865. The number of esters is 1. The number of benzene rings is 2. The maximum absolute atomic E-state index is 12.3. The number of halogens is 1. The Balaban J connectivity index is 1.67. The molecule has 2 aromatic carbocycles. The van der Waals surface area contributed by atoms with Crippen LogP contribution in [0.2, 0.25) is 5.02 Å². The molecule has 0 saturated carbocycles. The first-order chi connectivity index (χ1) is 12.0. The molecule has 1 aromatic heterocycles. The van der Waals surface area contributed by atoms with Gasteiger partial charge >= 0.3 is 5.97 Å². The lowest BCUT2D eigenvalue weighted by Crippen LogP contribution is -2.24. The van der Waals surface area contributed by atoms with Gasteiger partial charge in [-0.25, -0.2) is 4.79 Å². The molecule has 5 heteroatoms. The number of carbonyl (C=O) groups excluding carboxylic acids is 2. The van der Waals surface area contributed by atoms with E-state index in [0.29, 0.717) is 21.9 Å². The van der Waals surface area contributed by atoms with Crippen LogP contribution in [0.3, 0.4) is 0 Å². The fourth-order valence-corrected chi connectivity index (χ4v) is 2.47. The summed E-state index contributed by atoms with van der Waals surface area (Å²) in [5.74, 6) is -0.121. The molecule has 25 heavy (non-hydrogen) atoms. The first-order valence-corrected chi connectivity index (χ1v) is 8.07. The summed E-state index contributed by atoms with van der Waals surface area (Å²) in [5.41, 5.74) is 1.66. The molecular weight excluding hydrogens is 340 g/mol. The summed E-state index contributed by atoms with van der Waals surface area (Å²) in [4.78, 5) is 24.5. The number of hydrogen-bond acceptors (Lipinski definition) is 4. The minimum Gasteiger partial charge on any atom is -0.464 e. The summed E-state index contributed by atoms with van der Waals surface area (Å²) in [5, 5.41) is 0.540. The van der Waals surface area contributed by atoms with Gasteiger partial charge in [0.25, 0.3) is 0 Å². The molecule has 0 aliphatic rings. The van der Waals surface area contributed by atoms with Gasteiger partial charge in [-0.15, -0.1) is 0 Å². The summed E-state index contributed by atoms with van der Waals surface area (Å²) >= 11 is 5.81. The van der Waals surface area contributed by atoms with E-state index in [9.17, 15) is 9.59 Å². The second-order valence-electron chi connectivity index (χ2n) is 5.47. The van der Waals surface area contributed by atoms with E-state index in [2.05, 4.69) is 0 Å². The first-order valence-electron chi connectivity index (χ1n) is 7.69. The minimum atomic E-state index is -0.890. The molecule has 0 bridgehead atoms. The molecule has 0 N–H and O–H groups in total. The number of ketones is 1. The van der Waals surface area contributed by atoms with E-state index in [-0.39, 0.29) is 5.78 Å². The van der Waals surface area contributed by atoms with E-state index in [1.165, 1.54) is 0 Å². The van der Waals surface area contributed by atoms with Crippen molar-refractivity contribution in [1.29, 1.82) is 0 Å². The second-order valence-corrected chi connectivity index (χ2v) is 5.91. The van der Waals surface area contributed by atoms with Crippen molar-refractivity contribution in [2.45, 2.75) is 13.0 Å². The molecule has 3 aromatic rings. The summed E-state index contributed by atoms with van der Waals surface area (Å²) in [6.45, 7) is 1.55. The van der Waals surface area contributed by atoms with Crippen LogP contribution in [-0.4, -0.2) is 17.9 Å². The van der Waals surface area contributed by atoms with Gasteiger partial charge in [0.05, 0.1) is 11.8 Å². The topological polar surface area (TPSA) is 56.5 Å². The maximum atomic E-state index is 12.3. The van der Waals surface area contributed by atoms with E-state index in [4.69, 9.17) is 20.8 Å². The summed E-state index contributed by atoms with van der Waals surface area (Å²) in [6, 6.07) is 16.9. The molecule has 0 amide bonds. The summed E-state index contributed by atoms with van der Waals surface area (Å²) in [7, 11) is 0. The highest BCUT2D eigenvalue weighted by atomic mass is 35.5. The molecular formula is C20H15ClO4. The normalized spacial score (nSPS) is 11.8. The van der Waals surface area contributed by atoms with Crippen LogP contribution in [0.1, 0.15) is 27.6 Å². The largest absolute Gasteiger partial charge is 0.464 e. The third-order valence-corrected chi connectivity index (χ3v) is 3.96. The number of hydrogen-bond donors (Lipinski definition) is 0. The fourth-order valence-electron chi connectivity index (χ4n) is 2.34. The van der Waals surface area contributed by atoms with Gasteiger partial charge in [-0.2, -0.15) is 0 Å². The average molecular weight is 355 g/mol. The lowest BCUT2D eigenvalue weighted by atomic mass is 10.1. The molecule has 3 rings (SSSR count). The van der Waals surface area contributed by atoms with E-state index in [1.807, 2.05) is 6.07 Å². The van der Waals surface area contributed by atoms with Crippen LogP contribution in [-0.2, 0) is 4.74 Å². The van der Waals surface area contributed by atoms with Gasteiger partial charge in [-0.3, -0.25) is 4.79 Å². The van der Waals surface area contributed by atoms with Gasteiger partial charge in [-0.05, 0) is 55.5 Å². The molecule has 0 aliphatic carbocycles. The molecule has 0 saturated heterocycles. The van der Waals surface area contributed by atoms with Crippen LogP contribution in [0.4, 0.5) is 0 Å². The van der Waals surface area contributed by atoms with E-state index in [1.54, 1.807) is 67.8 Å². The molecule has 0 fully saturated rings. The zero-order valence-corrected chi connectivity index (χ0v) is 14.2. The molecule has 1 unspecified atom stereocenters. The maximum Gasteiger partial charge on any atom is 0.338 e. The molecule has 1 atom stereocenters. The number of ether oxygens (including phenoxy) is 1. The predicted molar refractivity (Wildman–Crippen MR) is 94.8 cm³/mol. The van der Waals surface area contributed by atoms with Gasteiger partial charge in [0.1, 0.15) is 5.76 Å². The smallest absolute Gasteiger partial charge is 0.338 e. The highest BCUT2D eigenvalue weighted by Gasteiger charge is 2.20. The van der Waals surface area contributed by atoms with Crippen molar-refractivity contribution < 1.29 is 18.7 Å². The van der Waals surface area contributed by atoms with Crippen molar-refractivity contribution in [2.24, 2.45) is 0 Å². The van der Waals surface area contributed by atoms with Crippen LogP contribution in [0.5, 0.6) is 0 Å². The zero-order valence-electron chi connectivity index (χ0n) is 13.4. The van der Waals surface area contributed by atoms with Crippen LogP contribution in [0, 0.1) is 0 Å². The van der Waals surface area contributed by atoms with Crippen molar-refractivity contribution in [2.75, 3.05) is 0 Å². The predicted octanol–water partition coefficient (Wildman–Crippen LogP) is 5.03. The number of furan rings is 1. The van der Waals surface area contributed by atoms with Gasteiger partial charge < -0.3 is 9.15 Å². The summed E-state index contributed by atoms with van der Waals surface area (Å²) < 4.78 is 10.6. The SMILES string of the molecule is CC(OC(=O)c1ccc(-c2ccco2)cc1)C(=O)c1ccc(Cl)cc1. The summed E-state index contributed by atoms with van der Waals surface area (Å²) in [6.07, 6.45) is 0.695. The van der Waals surface area contributed by atoms with Gasteiger partial charge in [-0.1, -0.05) is 23.7 Å². The van der Waals surface area contributed by atoms with Crippen molar-refractivity contribution in [3.8, 4) is 11.3 Å². The highest BCUT2D eigenvalue weighted by Crippen LogP contribution is 2.20. The molecule has 0 spiro atoms.